The molecular weight excluding hydrogens is 170 g/mol. The van der Waals surface area contributed by atoms with Crippen molar-refractivity contribution in [3.05, 3.63) is 16.3 Å². The molecular formula is C8H13N3O2. The van der Waals surface area contributed by atoms with Gasteiger partial charge in [-0.1, -0.05) is 0 Å². The van der Waals surface area contributed by atoms with Crippen LogP contribution in [0, 0.1) is 5.92 Å². The van der Waals surface area contributed by atoms with Gasteiger partial charge in [0, 0.05) is 6.61 Å². The highest BCUT2D eigenvalue weighted by Crippen LogP contribution is 2.41. The monoisotopic (exact) mass is 183 g/mol. The highest BCUT2D eigenvalue weighted by atomic mass is 16.5. The molecule has 5 nitrogen and oxygen atoms in total. The summed E-state index contributed by atoms with van der Waals surface area (Å²) in [5.41, 5.74) is -0.264. The number of aromatic amines is 2. The molecule has 2 rings (SSSR count). The Morgan fingerprint density at radius 2 is 2.46 bits per heavy atom. The second-order valence-corrected chi connectivity index (χ2v) is 3.28. The van der Waals surface area contributed by atoms with Crippen molar-refractivity contribution in [3.63, 3.8) is 0 Å². The van der Waals surface area contributed by atoms with Crippen molar-refractivity contribution in [3.8, 4) is 0 Å². The van der Waals surface area contributed by atoms with Crippen molar-refractivity contribution in [2.24, 2.45) is 5.92 Å². The summed E-state index contributed by atoms with van der Waals surface area (Å²) in [6.07, 6.45) is 2.31. The minimum atomic E-state index is -0.264. The van der Waals surface area contributed by atoms with E-state index in [4.69, 9.17) is 4.74 Å². The first-order chi connectivity index (χ1) is 6.31. The summed E-state index contributed by atoms with van der Waals surface area (Å²) in [6, 6.07) is 0. The molecule has 2 N–H and O–H groups in total. The highest BCUT2D eigenvalue weighted by molar-refractivity contribution is 4.96. The van der Waals surface area contributed by atoms with Crippen LogP contribution in [0.15, 0.2) is 4.79 Å². The summed E-state index contributed by atoms with van der Waals surface area (Å²) in [4.78, 5) is 13.4. The van der Waals surface area contributed by atoms with Crippen LogP contribution in [-0.2, 0) is 4.74 Å². The lowest BCUT2D eigenvalue weighted by Gasteiger charge is -2.11. The van der Waals surface area contributed by atoms with Crippen molar-refractivity contribution in [1.29, 1.82) is 0 Å². The Morgan fingerprint density at radius 3 is 2.92 bits per heavy atom. The summed E-state index contributed by atoms with van der Waals surface area (Å²) >= 11 is 0. The van der Waals surface area contributed by atoms with E-state index in [1.165, 1.54) is 12.8 Å². The van der Waals surface area contributed by atoms with E-state index in [2.05, 4.69) is 15.2 Å². The molecule has 0 radical (unpaired) electrons. The Bertz CT molecular complexity index is 326. The number of hydrogen-bond acceptors (Lipinski definition) is 3. The van der Waals surface area contributed by atoms with Gasteiger partial charge in [-0.05, 0) is 25.7 Å². The summed E-state index contributed by atoms with van der Waals surface area (Å²) in [7, 11) is 0. The average molecular weight is 183 g/mol. The van der Waals surface area contributed by atoms with Gasteiger partial charge in [0.25, 0.3) is 0 Å². The van der Waals surface area contributed by atoms with Crippen molar-refractivity contribution < 1.29 is 4.74 Å². The quantitative estimate of drug-likeness (QED) is 0.717. The molecule has 1 aliphatic carbocycles. The lowest BCUT2D eigenvalue weighted by Crippen LogP contribution is -2.10. The number of nitrogens with one attached hydrogen (secondary N) is 2. The van der Waals surface area contributed by atoms with Crippen molar-refractivity contribution in [2.45, 2.75) is 25.9 Å². The fraction of sp³-hybridized carbons (Fsp3) is 0.750. The fourth-order valence-electron chi connectivity index (χ4n) is 1.43. The number of hydrogen-bond donors (Lipinski definition) is 2. The minimum absolute atomic E-state index is 0.0241. The molecule has 0 aromatic carbocycles. The topological polar surface area (TPSA) is 70.8 Å². The van der Waals surface area contributed by atoms with Gasteiger partial charge < -0.3 is 4.74 Å². The maximum absolute atomic E-state index is 10.8. The molecule has 13 heavy (non-hydrogen) atoms. The smallest absolute Gasteiger partial charge is 0.340 e. The molecule has 1 saturated carbocycles. The Hall–Kier alpha value is -1.10. The molecule has 1 unspecified atom stereocenters. The van der Waals surface area contributed by atoms with Gasteiger partial charge in [0.15, 0.2) is 5.82 Å². The van der Waals surface area contributed by atoms with Gasteiger partial charge in [-0.2, -0.15) is 5.10 Å². The van der Waals surface area contributed by atoms with Gasteiger partial charge in [-0.15, -0.1) is 0 Å². The number of H-pyrrole nitrogens is 2. The summed E-state index contributed by atoms with van der Waals surface area (Å²) in [5, 5.41) is 6.23. The van der Waals surface area contributed by atoms with Gasteiger partial charge in [0.2, 0.25) is 0 Å². The molecule has 1 heterocycles. The fourth-order valence-corrected chi connectivity index (χ4v) is 1.43. The van der Waals surface area contributed by atoms with Crippen LogP contribution in [0.25, 0.3) is 0 Å². The third-order valence-electron chi connectivity index (χ3n) is 2.19. The average Bonchev–Trinajstić information content (AvgIpc) is 2.85. The minimum Gasteiger partial charge on any atom is -0.370 e. The van der Waals surface area contributed by atoms with E-state index < -0.39 is 0 Å². The predicted octanol–water partition coefficient (Wildman–Crippen LogP) is 0.586. The van der Waals surface area contributed by atoms with Crippen LogP contribution in [-0.4, -0.2) is 21.8 Å². The van der Waals surface area contributed by atoms with E-state index in [1.54, 1.807) is 0 Å². The van der Waals surface area contributed by atoms with Gasteiger partial charge >= 0.3 is 5.69 Å². The van der Waals surface area contributed by atoms with Gasteiger partial charge in [0.1, 0.15) is 6.10 Å². The molecule has 0 amide bonds. The largest absolute Gasteiger partial charge is 0.370 e. The summed E-state index contributed by atoms with van der Waals surface area (Å²) < 4.78 is 5.51. The zero-order chi connectivity index (χ0) is 9.26. The number of rotatable bonds is 4. The van der Waals surface area contributed by atoms with Crippen LogP contribution in [0.3, 0.4) is 0 Å². The molecule has 1 aromatic rings. The molecule has 0 bridgehead atoms. The third-order valence-corrected chi connectivity index (χ3v) is 2.19. The van der Waals surface area contributed by atoms with Crippen LogP contribution < -0.4 is 5.69 Å². The number of ether oxygens (including phenoxy) is 1. The molecule has 1 aromatic heterocycles. The van der Waals surface area contributed by atoms with E-state index in [9.17, 15) is 4.79 Å². The molecule has 72 valence electrons. The van der Waals surface area contributed by atoms with Crippen LogP contribution in [0.5, 0.6) is 0 Å². The lowest BCUT2D eigenvalue weighted by atomic mass is 10.2. The molecule has 1 aliphatic rings. The zero-order valence-electron chi connectivity index (χ0n) is 7.54. The highest BCUT2D eigenvalue weighted by Gasteiger charge is 2.34. The molecule has 0 saturated heterocycles. The predicted molar refractivity (Wildman–Crippen MR) is 46.3 cm³/mol. The first-order valence-corrected chi connectivity index (χ1v) is 4.57. The summed E-state index contributed by atoms with van der Waals surface area (Å²) in [5.74, 6) is 1.17. The maximum Gasteiger partial charge on any atom is 0.340 e. The standard InChI is InChI=1S/C8H13N3O2/c1-2-13-6(5-3-4-5)7-9-8(12)11-10-7/h5-6H,2-4H2,1H3,(H2,9,10,11,12). The molecule has 0 aliphatic heterocycles. The van der Waals surface area contributed by atoms with Crippen molar-refractivity contribution in [2.75, 3.05) is 6.61 Å². The Balaban J connectivity index is 2.14. The SMILES string of the molecule is CCOC(c1n[nH]c(=O)[nH]1)C1CC1. The first-order valence-electron chi connectivity index (χ1n) is 4.57. The van der Waals surface area contributed by atoms with E-state index in [0.717, 1.165) is 0 Å². The van der Waals surface area contributed by atoms with Gasteiger partial charge in [0.05, 0.1) is 0 Å². The third kappa shape index (κ3) is 1.80. The normalized spacial score (nSPS) is 18.8. The first kappa shape index (κ1) is 8.50. The van der Waals surface area contributed by atoms with E-state index in [1.807, 2.05) is 6.92 Å². The Kier molecular flexibility index (Phi) is 2.18. The van der Waals surface area contributed by atoms with Gasteiger partial charge in [-0.25, -0.2) is 9.89 Å². The van der Waals surface area contributed by atoms with E-state index in [0.29, 0.717) is 18.3 Å². The lowest BCUT2D eigenvalue weighted by molar-refractivity contribution is 0.0402. The molecule has 5 heteroatoms. The molecule has 1 atom stereocenters. The van der Waals surface area contributed by atoms with Gasteiger partial charge in [-0.3, -0.25) is 4.98 Å². The Morgan fingerprint density at radius 1 is 1.69 bits per heavy atom. The zero-order valence-corrected chi connectivity index (χ0v) is 7.54. The second kappa shape index (κ2) is 3.33. The van der Waals surface area contributed by atoms with Crippen LogP contribution in [0.2, 0.25) is 0 Å². The number of aromatic nitrogens is 3. The van der Waals surface area contributed by atoms with Crippen molar-refractivity contribution in [1.82, 2.24) is 15.2 Å². The Labute approximate surface area is 75.5 Å². The maximum atomic E-state index is 10.8. The van der Waals surface area contributed by atoms with Crippen LogP contribution in [0.1, 0.15) is 31.7 Å². The summed E-state index contributed by atoms with van der Waals surface area (Å²) in [6.45, 7) is 2.59. The van der Waals surface area contributed by atoms with E-state index in [-0.39, 0.29) is 11.8 Å². The van der Waals surface area contributed by atoms with Crippen molar-refractivity contribution >= 4 is 0 Å². The number of nitrogens with zero attached hydrogens (tertiary/aromatic N) is 1. The van der Waals surface area contributed by atoms with Crippen LogP contribution in [0.4, 0.5) is 0 Å². The second-order valence-electron chi connectivity index (χ2n) is 3.28. The van der Waals surface area contributed by atoms with E-state index >= 15 is 0 Å². The molecule has 1 fully saturated rings. The van der Waals surface area contributed by atoms with Crippen LogP contribution >= 0.6 is 0 Å². The molecule has 0 spiro atoms.